The Bertz CT molecular complexity index is 873. The van der Waals surface area contributed by atoms with Crippen LogP contribution in [0.1, 0.15) is 38.9 Å². The van der Waals surface area contributed by atoms with E-state index >= 15 is 0 Å². The van der Waals surface area contributed by atoms with Gasteiger partial charge in [0.25, 0.3) is 0 Å². The van der Waals surface area contributed by atoms with Crippen molar-refractivity contribution < 1.29 is 8.42 Å². The molecular weight excluding hydrogens is 348 g/mol. The van der Waals surface area contributed by atoms with Gasteiger partial charge in [-0.3, -0.25) is 4.90 Å². The summed E-state index contributed by atoms with van der Waals surface area (Å²) in [5.74, 6) is 1.76. The van der Waals surface area contributed by atoms with E-state index in [1.807, 2.05) is 6.07 Å². The Morgan fingerprint density at radius 3 is 2.73 bits per heavy atom. The molecule has 1 aliphatic rings. The highest BCUT2D eigenvalue weighted by Gasteiger charge is 2.22. The van der Waals surface area contributed by atoms with Gasteiger partial charge in [0.05, 0.1) is 22.5 Å². The number of sulfonamides is 1. The molecule has 6 nitrogen and oxygen atoms in total. The summed E-state index contributed by atoms with van der Waals surface area (Å²) >= 11 is 0. The number of likely N-dealkylation sites (tertiary alicyclic amines) is 1. The number of hydrogen-bond acceptors (Lipinski definition) is 4. The lowest BCUT2D eigenvalue weighted by molar-refractivity contribution is 0.171. The third kappa shape index (κ3) is 3.80. The zero-order valence-electron chi connectivity index (χ0n) is 16.3. The normalized spacial score (nSPS) is 19.5. The minimum atomic E-state index is -3.45. The lowest BCUT2D eigenvalue weighted by Crippen LogP contribution is -2.34. The summed E-state index contributed by atoms with van der Waals surface area (Å²) in [6.45, 7) is 8.41. The molecule has 0 bridgehead atoms. The molecule has 144 valence electrons. The molecule has 7 heteroatoms. The molecule has 1 aromatic carbocycles. The molecule has 0 N–H and O–H groups in total. The van der Waals surface area contributed by atoms with Crippen molar-refractivity contribution in [2.24, 2.45) is 5.92 Å². The fourth-order valence-corrected chi connectivity index (χ4v) is 4.68. The van der Waals surface area contributed by atoms with Crippen LogP contribution >= 0.6 is 0 Å². The van der Waals surface area contributed by atoms with Gasteiger partial charge in [-0.2, -0.15) is 0 Å². The minimum absolute atomic E-state index is 0.300. The van der Waals surface area contributed by atoms with E-state index in [4.69, 9.17) is 4.98 Å². The molecular formula is C19H30N4O2S. The minimum Gasteiger partial charge on any atom is -0.327 e. The van der Waals surface area contributed by atoms with Crippen molar-refractivity contribution in [3.8, 4) is 0 Å². The summed E-state index contributed by atoms with van der Waals surface area (Å²) in [5.41, 5.74) is 1.78. The molecule has 0 saturated carbocycles. The van der Waals surface area contributed by atoms with E-state index in [1.165, 1.54) is 17.1 Å². The fraction of sp³-hybridized carbons (Fsp3) is 0.632. The van der Waals surface area contributed by atoms with E-state index in [-0.39, 0.29) is 0 Å². The van der Waals surface area contributed by atoms with Gasteiger partial charge in [-0.15, -0.1) is 0 Å². The van der Waals surface area contributed by atoms with Crippen LogP contribution in [0, 0.1) is 5.92 Å². The monoisotopic (exact) mass is 378 g/mol. The SMILES string of the molecule is CCCn1c(CN2CCCC(C)C2)nc2cc(S(=O)(=O)N(C)C)ccc21. The van der Waals surface area contributed by atoms with E-state index in [9.17, 15) is 8.42 Å². The lowest BCUT2D eigenvalue weighted by atomic mass is 10.0. The molecule has 26 heavy (non-hydrogen) atoms. The van der Waals surface area contributed by atoms with E-state index in [0.717, 1.165) is 55.4 Å². The number of imidazole rings is 1. The summed E-state index contributed by atoms with van der Waals surface area (Å²) in [6, 6.07) is 5.30. The van der Waals surface area contributed by atoms with Crippen LogP contribution in [-0.4, -0.2) is 54.4 Å². The van der Waals surface area contributed by atoms with Crippen molar-refractivity contribution in [2.75, 3.05) is 27.2 Å². The van der Waals surface area contributed by atoms with Crippen molar-refractivity contribution in [3.05, 3.63) is 24.0 Å². The zero-order valence-corrected chi connectivity index (χ0v) is 17.1. The van der Waals surface area contributed by atoms with E-state index in [2.05, 4.69) is 23.3 Å². The van der Waals surface area contributed by atoms with Gasteiger partial charge in [0.1, 0.15) is 5.82 Å². The van der Waals surface area contributed by atoms with Crippen molar-refractivity contribution in [3.63, 3.8) is 0 Å². The van der Waals surface area contributed by atoms with E-state index < -0.39 is 10.0 Å². The molecule has 1 unspecified atom stereocenters. The van der Waals surface area contributed by atoms with Gasteiger partial charge in [-0.1, -0.05) is 13.8 Å². The molecule has 0 aliphatic carbocycles. The van der Waals surface area contributed by atoms with Gasteiger partial charge in [-0.25, -0.2) is 17.7 Å². The predicted molar refractivity (Wildman–Crippen MR) is 105 cm³/mol. The predicted octanol–water partition coefficient (Wildman–Crippen LogP) is 2.93. The standard InChI is InChI=1S/C19H30N4O2S/c1-5-10-23-18-9-8-16(26(24,25)21(3)4)12-17(18)20-19(23)14-22-11-6-7-15(2)13-22/h8-9,12,15H,5-7,10-11,13-14H2,1-4H3. The second-order valence-electron chi connectivity index (χ2n) is 7.60. The van der Waals surface area contributed by atoms with Gasteiger partial charge < -0.3 is 4.57 Å². The molecule has 2 heterocycles. The molecule has 1 aromatic heterocycles. The Hall–Kier alpha value is -1.44. The van der Waals surface area contributed by atoms with Gasteiger partial charge in [0.2, 0.25) is 10.0 Å². The van der Waals surface area contributed by atoms with Crippen molar-refractivity contribution >= 4 is 21.1 Å². The van der Waals surface area contributed by atoms with Crippen LogP contribution in [0.15, 0.2) is 23.1 Å². The van der Waals surface area contributed by atoms with Crippen LogP contribution in [0.25, 0.3) is 11.0 Å². The fourth-order valence-electron chi connectivity index (χ4n) is 3.75. The molecule has 0 amide bonds. The summed E-state index contributed by atoms with van der Waals surface area (Å²) < 4.78 is 28.4. The average molecular weight is 379 g/mol. The number of aromatic nitrogens is 2. The van der Waals surface area contributed by atoms with Gasteiger partial charge in [0.15, 0.2) is 0 Å². The lowest BCUT2D eigenvalue weighted by Gasteiger charge is -2.30. The quantitative estimate of drug-likeness (QED) is 0.775. The van der Waals surface area contributed by atoms with E-state index in [1.54, 1.807) is 26.2 Å². The molecule has 1 aliphatic heterocycles. The Kier molecular flexibility index (Phi) is 5.69. The van der Waals surface area contributed by atoms with Crippen molar-refractivity contribution in [1.29, 1.82) is 0 Å². The highest BCUT2D eigenvalue weighted by molar-refractivity contribution is 7.89. The third-order valence-corrected chi connectivity index (χ3v) is 6.94. The van der Waals surface area contributed by atoms with Crippen LogP contribution in [0.5, 0.6) is 0 Å². The van der Waals surface area contributed by atoms with Gasteiger partial charge in [0, 0.05) is 27.2 Å². The highest BCUT2D eigenvalue weighted by Crippen LogP contribution is 2.24. The highest BCUT2D eigenvalue weighted by atomic mass is 32.2. The first kappa shape index (κ1) is 19.3. The maximum Gasteiger partial charge on any atom is 0.242 e. The number of rotatable bonds is 6. The average Bonchev–Trinajstić information content (AvgIpc) is 2.92. The maximum absolute atomic E-state index is 12.4. The van der Waals surface area contributed by atoms with Crippen LogP contribution < -0.4 is 0 Å². The Labute approximate surface area is 156 Å². The maximum atomic E-state index is 12.4. The number of nitrogens with zero attached hydrogens (tertiary/aromatic N) is 4. The smallest absolute Gasteiger partial charge is 0.242 e. The second-order valence-corrected chi connectivity index (χ2v) is 9.75. The molecule has 0 spiro atoms. The first-order valence-corrected chi connectivity index (χ1v) is 10.9. The number of fused-ring (bicyclic) bond motifs is 1. The van der Waals surface area contributed by atoms with Crippen molar-refractivity contribution in [2.45, 2.75) is 51.1 Å². The number of hydrogen-bond donors (Lipinski definition) is 0. The van der Waals surface area contributed by atoms with Gasteiger partial charge in [-0.05, 0) is 49.9 Å². The molecule has 2 aromatic rings. The van der Waals surface area contributed by atoms with Gasteiger partial charge >= 0.3 is 0 Å². The number of piperidine rings is 1. The van der Waals surface area contributed by atoms with Crippen LogP contribution in [0.2, 0.25) is 0 Å². The first-order valence-electron chi connectivity index (χ1n) is 9.47. The summed E-state index contributed by atoms with van der Waals surface area (Å²) in [5, 5.41) is 0. The molecule has 1 fully saturated rings. The largest absolute Gasteiger partial charge is 0.327 e. The molecule has 1 saturated heterocycles. The topological polar surface area (TPSA) is 58.4 Å². The van der Waals surface area contributed by atoms with Crippen LogP contribution in [-0.2, 0) is 23.1 Å². The van der Waals surface area contributed by atoms with Crippen LogP contribution in [0.4, 0.5) is 0 Å². The van der Waals surface area contributed by atoms with Crippen molar-refractivity contribution in [1.82, 2.24) is 18.8 Å². The third-order valence-electron chi connectivity index (χ3n) is 5.13. The van der Waals surface area contributed by atoms with Crippen LogP contribution in [0.3, 0.4) is 0 Å². The first-order chi connectivity index (χ1) is 12.3. The molecule has 3 rings (SSSR count). The summed E-state index contributed by atoms with van der Waals surface area (Å²) in [7, 11) is -0.338. The second kappa shape index (κ2) is 7.66. The Morgan fingerprint density at radius 2 is 2.08 bits per heavy atom. The summed E-state index contributed by atoms with van der Waals surface area (Å²) in [4.78, 5) is 7.59. The molecule has 0 radical (unpaired) electrons. The summed E-state index contributed by atoms with van der Waals surface area (Å²) in [6.07, 6.45) is 3.56. The Morgan fingerprint density at radius 1 is 1.31 bits per heavy atom. The number of benzene rings is 1. The zero-order chi connectivity index (χ0) is 18.9. The Balaban J connectivity index is 1.98. The van der Waals surface area contributed by atoms with E-state index in [0.29, 0.717) is 4.90 Å². The number of aryl methyl sites for hydroxylation is 1. The molecule has 1 atom stereocenters.